The van der Waals surface area contributed by atoms with Crippen molar-refractivity contribution >= 4 is 16.0 Å². The van der Waals surface area contributed by atoms with Crippen LogP contribution in [0.5, 0.6) is 0 Å². The molecule has 120 valence electrons. The molecule has 0 aromatic carbocycles. The van der Waals surface area contributed by atoms with Crippen molar-refractivity contribution in [3.8, 4) is 0 Å². The Labute approximate surface area is 127 Å². The third kappa shape index (κ3) is 2.67. The third-order valence-corrected chi connectivity index (χ3v) is 6.94. The van der Waals surface area contributed by atoms with Crippen LogP contribution in [0.25, 0.3) is 0 Å². The van der Waals surface area contributed by atoms with E-state index in [1.165, 1.54) is 19.3 Å². The van der Waals surface area contributed by atoms with E-state index in [2.05, 4.69) is 9.71 Å². The van der Waals surface area contributed by atoms with Crippen molar-refractivity contribution in [3.05, 3.63) is 0 Å². The van der Waals surface area contributed by atoms with E-state index in [9.17, 15) is 8.42 Å². The lowest BCUT2D eigenvalue weighted by Gasteiger charge is -2.39. The SMILES string of the molecule is CC(C)(C)C1OC(NC2CCCCC2)=NS(=O)(=O)C12CC2. The van der Waals surface area contributed by atoms with Gasteiger partial charge in [-0.15, -0.1) is 4.40 Å². The summed E-state index contributed by atoms with van der Waals surface area (Å²) in [5.74, 6) is 0. The highest BCUT2D eigenvalue weighted by molar-refractivity contribution is 7.92. The Morgan fingerprint density at radius 1 is 1.19 bits per heavy atom. The molecule has 1 N–H and O–H groups in total. The van der Waals surface area contributed by atoms with Gasteiger partial charge in [-0.05, 0) is 25.7 Å². The number of amidine groups is 1. The van der Waals surface area contributed by atoms with Crippen LogP contribution in [0, 0.1) is 5.41 Å². The van der Waals surface area contributed by atoms with Crippen LogP contribution in [0.3, 0.4) is 0 Å². The van der Waals surface area contributed by atoms with Gasteiger partial charge in [-0.1, -0.05) is 40.0 Å². The van der Waals surface area contributed by atoms with Crippen LogP contribution < -0.4 is 5.32 Å². The zero-order valence-electron chi connectivity index (χ0n) is 13.2. The minimum atomic E-state index is -3.48. The van der Waals surface area contributed by atoms with Crippen molar-refractivity contribution in [2.75, 3.05) is 0 Å². The molecular weight excluding hydrogens is 288 g/mol. The van der Waals surface area contributed by atoms with Crippen molar-refractivity contribution in [3.63, 3.8) is 0 Å². The summed E-state index contributed by atoms with van der Waals surface area (Å²) in [5.41, 5.74) is -0.223. The highest BCUT2D eigenvalue weighted by Crippen LogP contribution is 2.54. The van der Waals surface area contributed by atoms with Gasteiger partial charge in [0.05, 0.1) is 0 Å². The summed E-state index contributed by atoms with van der Waals surface area (Å²) < 4.78 is 34.3. The number of nitrogens with zero attached hydrogens (tertiary/aromatic N) is 1. The molecule has 1 spiro atoms. The molecule has 21 heavy (non-hydrogen) atoms. The van der Waals surface area contributed by atoms with Crippen LogP contribution in [-0.4, -0.2) is 31.3 Å². The average molecular weight is 314 g/mol. The number of hydrogen-bond acceptors (Lipinski definition) is 4. The highest BCUT2D eigenvalue weighted by Gasteiger charge is 2.66. The van der Waals surface area contributed by atoms with E-state index in [-0.39, 0.29) is 17.5 Å². The van der Waals surface area contributed by atoms with Crippen molar-refractivity contribution in [2.24, 2.45) is 9.81 Å². The second-order valence-electron chi connectivity index (χ2n) is 7.78. The topological polar surface area (TPSA) is 67.8 Å². The molecule has 0 aromatic rings. The summed E-state index contributed by atoms with van der Waals surface area (Å²) in [6, 6.07) is 0.515. The van der Waals surface area contributed by atoms with Crippen LogP contribution in [0.4, 0.5) is 0 Å². The summed E-state index contributed by atoms with van der Waals surface area (Å²) in [6.45, 7) is 6.12. The van der Waals surface area contributed by atoms with E-state index in [1.807, 2.05) is 20.8 Å². The molecule has 1 atom stereocenters. The van der Waals surface area contributed by atoms with E-state index in [1.54, 1.807) is 0 Å². The molecule has 0 bridgehead atoms. The maximum Gasteiger partial charge on any atom is 0.301 e. The van der Waals surface area contributed by atoms with E-state index in [0.717, 1.165) is 12.8 Å². The van der Waals surface area contributed by atoms with Crippen molar-refractivity contribution in [2.45, 2.75) is 82.6 Å². The molecule has 2 fully saturated rings. The van der Waals surface area contributed by atoms with Gasteiger partial charge in [0.2, 0.25) is 0 Å². The highest BCUT2D eigenvalue weighted by atomic mass is 32.2. The van der Waals surface area contributed by atoms with E-state index in [0.29, 0.717) is 18.9 Å². The van der Waals surface area contributed by atoms with Crippen LogP contribution in [0.15, 0.2) is 4.40 Å². The Balaban J connectivity index is 1.84. The summed E-state index contributed by atoms with van der Waals surface area (Å²) in [6.07, 6.45) is 6.77. The van der Waals surface area contributed by atoms with Crippen LogP contribution in [-0.2, 0) is 14.8 Å². The maximum atomic E-state index is 12.6. The number of sulfonamides is 1. The molecule has 1 aliphatic heterocycles. The molecule has 1 unspecified atom stereocenters. The Kier molecular flexibility index (Phi) is 3.50. The Hall–Kier alpha value is -0.780. The van der Waals surface area contributed by atoms with E-state index < -0.39 is 14.8 Å². The summed E-state index contributed by atoms with van der Waals surface area (Å²) >= 11 is 0. The summed E-state index contributed by atoms with van der Waals surface area (Å²) in [4.78, 5) is 0. The molecule has 3 rings (SSSR count). The number of nitrogens with one attached hydrogen (secondary N) is 1. The fraction of sp³-hybridized carbons (Fsp3) is 0.933. The lowest BCUT2D eigenvalue weighted by molar-refractivity contribution is 0.0540. The van der Waals surface area contributed by atoms with Gasteiger partial charge in [-0.3, -0.25) is 0 Å². The van der Waals surface area contributed by atoms with Gasteiger partial charge in [-0.2, -0.15) is 0 Å². The van der Waals surface area contributed by atoms with Gasteiger partial charge < -0.3 is 10.1 Å². The predicted octanol–water partition coefficient (Wildman–Crippen LogP) is 2.57. The molecule has 5 nitrogen and oxygen atoms in total. The molecular formula is C15H26N2O3S. The fourth-order valence-corrected chi connectivity index (χ4v) is 5.45. The Bertz CT molecular complexity index is 538. The largest absolute Gasteiger partial charge is 0.459 e. The molecule has 2 saturated carbocycles. The Morgan fingerprint density at radius 2 is 1.81 bits per heavy atom. The second kappa shape index (κ2) is 4.86. The fourth-order valence-electron chi connectivity index (χ4n) is 3.67. The number of rotatable bonds is 1. The average Bonchev–Trinajstić information content (AvgIpc) is 3.15. The molecule has 0 radical (unpaired) electrons. The quantitative estimate of drug-likeness (QED) is 0.808. The van der Waals surface area contributed by atoms with Gasteiger partial charge in [-0.25, -0.2) is 8.42 Å². The van der Waals surface area contributed by atoms with Crippen LogP contribution >= 0.6 is 0 Å². The molecule has 6 heteroatoms. The molecule has 0 aromatic heterocycles. The van der Waals surface area contributed by atoms with Gasteiger partial charge >= 0.3 is 6.02 Å². The van der Waals surface area contributed by atoms with Crippen molar-refractivity contribution in [1.29, 1.82) is 0 Å². The van der Waals surface area contributed by atoms with E-state index in [4.69, 9.17) is 4.74 Å². The standard InChI is InChI=1S/C15H26N2O3S/c1-14(2,3)12-15(9-10-15)21(18,19)17-13(20-12)16-11-7-5-4-6-8-11/h11-12H,4-10H2,1-3H3,(H,16,17). The first-order valence-corrected chi connectivity index (χ1v) is 9.46. The first-order valence-electron chi connectivity index (χ1n) is 8.02. The minimum Gasteiger partial charge on any atom is -0.459 e. The third-order valence-electron chi connectivity index (χ3n) is 4.89. The first kappa shape index (κ1) is 15.1. The normalized spacial score (nSPS) is 31.4. The smallest absolute Gasteiger partial charge is 0.301 e. The zero-order chi connectivity index (χ0) is 15.3. The number of hydrogen-bond donors (Lipinski definition) is 1. The van der Waals surface area contributed by atoms with Crippen molar-refractivity contribution in [1.82, 2.24) is 5.32 Å². The monoisotopic (exact) mass is 314 g/mol. The first-order chi connectivity index (χ1) is 9.75. The lowest BCUT2D eigenvalue weighted by Crippen LogP contribution is -2.54. The summed E-state index contributed by atoms with van der Waals surface area (Å²) in [7, 11) is -3.48. The number of ether oxygens (including phenoxy) is 1. The predicted molar refractivity (Wildman–Crippen MR) is 82.7 cm³/mol. The molecule has 0 amide bonds. The van der Waals surface area contributed by atoms with Gasteiger partial charge in [0.25, 0.3) is 10.0 Å². The van der Waals surface area contributed by atoms with Crippen LogP contribution in [0.1, 0.15) is 65.7 Å². The molecule has 2 aliphatic carbocycles. The molecule has 0 saturated heterocycles. The second-order valence-corrected chi connectivity index (χ2v) is 9.73. The minimum absolute atomic E-state index is 0.222. The maximum absolute atomic E-state index is 12.6. The van der Waals surface area contributed by atoms with Gasteiger partial charge in [0.1, 0.15) is 10.9 Å². The van der Waals surface area contributed by atoms with Crippen LogP contribution in [0.2, 0.25) is 0 Å². The zero-order valence-corrected chi connectivity index (χ0v) is 14.0. The Morgan fingerprint density at radius 3 is 2.33 bits per heavy atom. The lowest BCUT2D eigenvalue weighted by atomic mass is 9.85. The van der Waals surface area contributed by atoms with Crippen molar-refractivity contribution < 1.29 is 13.2 Å². The van der Waals surface area contributed by atoms with E-state index >= 15 is 0 Å². The molecule has 3 aliphatic rings. The van der Waals surface area contributed by atoms with Gasteiger partial charge in [0, 0.05) is 11.5 Å². The summed E-state index contributed by atoms with van der Waals surface area (Å²) in [5, 5.41) is 3.23. The van der Waals surface area contributed by atoms with Gasteiger partial charge in [0.15, 0.2) is 0 Å². The molecule has 1 heterocycles.